The number of rotatable bonds is 8. The van der Waals surface area contributed by atoms with Gasteiger partial charge in [-0.15, -0.1) is 0 Å². The summed E-state index contributed by atoms with van der Waals surface area (Å²) >= 11 is 0. The van der Waals surface area contributed by atoms with Gasteiger partial charge in [-0.2, -0.15) is 5.10 Å². The molecule has 1 heterocycles. The third-order valence-electron chi connectivity index (χ3n) is 4.81. The second-order valence-corrected chi connectivity index (χ2v) is 6.67. The minimum absolute atomic E-state index is 0.0328. The number of aliphatic hydroxyl groups is 1. The summed E-state index contributed by atoms with van der Waals surface area (Å²) in [6.07, 6.45) is 2.65. The van der Waals surface area contributed by atoms with Gasteiger partial charge >= 0.3 is 5.97 Å². The number of esters is 1. The van der Waals surface area contributed by atoms with Crippen molar-refractivity contribution in [2.45, 2.75) is 44.1 Å². The molecular formula is C20H26N2O5. The molecule has 146 valence electrons. The Morgan fingerprint density at radius 2 is 2.04 bits per heavy atom. The third kappa shape index (κ3) is 5.15. The number of aromatic nitrogens is 2. The van der Waals surface area contributed by atoms with Crippen molar-refractivity contribution in [1.82, 2.24) is 9.78 Å². The van der Waals surface area contributed by atoms with Gasteiger partial charge in [0.15, 0.2) is 0 Å². The molecule has 1 aromatic carbocycles. The molecule has 0 radical (unpaired) electrons. The van der Waals surface area contributed by atoms with Gasteiger partial charge in [0.2, 0.25) is 0 Å². The zero-order chi connectivity index (χ0) is 19.1. The standard InChI is InChI=1S/C20H26N2O5/c1-25-11-12-26-14-22-18(9-10-21-22)17-8-7-16(23)13-19(17)27-20(24)15-5-3-2-4-6-15/h2-6,9-10,16-17,19,23H,7-8,11-14H2,1H3. The van der Waals surface area contributed by atoms with Crippen molar-refractivity contribution in [2.24, 2.45) is 0 Å². The fraction of sp³-hybridized carbons (Fsp3) is 0.500. The number of carbonyl (C=O) groups is 1. The molecule has 0 spiro atoms. The molecule has 1 saturated carbocycles. The van der Waals surface area contributed by atoms with E-state index in [-0.39, 0.29) is 11.9 Å². The van der Waals surface area contributed by atoms with E-state index in [4.69, 9.17) is 14.2 Å². The van der Waals surface area contributed by atoms with Crippen molar-refractivity contribution in [2.75, 3.05) is 20.3 Å². The number of carbonyl (C=O) groups excluding carboxylic acids is 1. The van der Waals surface area contributed by atoms with Crippen LogP contribution in [0.2, 0.25) is 0 Å². The predicted octanol–water partition coefficient (Wildman–Crippen LogP) is 2.36. The van der Waals surface area contributed by atoms with Gasteiger partial charge in [0.25, 0.3) is 0 Å². The zero-order valence-corrected chi connectivity index (χ0v) is 15.5. The molecule has 27 heavy (non-hydrogen) atoms. The van der Waals surface area contributed by atoms with Crippen LogP contribution in [0, 0.1) is 0 Å². The van der Waals surface area contributed by atoms with E-state index < -0.39 is 12.2 Å². The number of nitrogens with zero attached hydrogens (tertiary/aromatic N) is 2. The molecule has 3 rings (SSSR count). The first-order valence-corrected chi connectivity index (χ1v) is 9.21. The number of hydrogen-bond acceptors (Lipinski definition) is 6. The van der Waals surface area contributed by atoms with Gasteiger partial charge in [-0.3, -0.25) is 0 Å². The molecule has 0 amide bonds. The lowest BCUT2D eigenvalue weighted by molar-refractivity contribution is -0.0156. The molecule has 7 heteroatoms. The van der Waals surface area contributed by atoms with E-state index in [2.05, 4.69) is 5.10 Å². The van der Waals surface area contributed by atoms with E-state index in [1.165, 1.54) is 0 Å². The van der Waals surface area contributed by atoms with Gasteiger partial charge in [0.1, 0.15) is 12.8 Å². The van der Waals surface area contributed by atoms with Crippen LogP contribution in [0.25, 0.3) is 0 Å². The van der Waals surface area contributed by atoms with Crippen molar-refractivity contribution in [3.8, 4) is 0 Å². The van der Waals surface area contributed by atoms with Crippen LogP contribution in [0.15, 0.2) is 42.6 Å². The highest BCUT2D eigenvalue weighted by Crippen LogP contribution is 2.35. The zero-order valence-electron chi connectivity index (χ0n) is 15.5. The maximum atomic E-state index is 12.5. The molecule has 1 N–H and O–H groups in total. The van der Waals surface area contributed by atoms with E-state index in [1.54, 1.807) is 42.3 Å². The van der Waals surface area contributed by atoms with Crippen LogP contribution in [0.1, 0.15) is 41.2 Å². The Hall–Kier alpha value is -2.22. The van der Waals surface area contributed by atoms with Gasteiger partial charge in [-0.05, 0) is 31.0 Å². The van der Waals surface area contributed by atoms with Gasteiger partial charge < -0.3 is 19.3 Å². The van der Waals surface area contributed by atoms with Crippen LogP contribution < -0.4 is 0 Å². The van der Waals surface area contributed by atoms with Crippen molar-refractivity contribution in [3.05, 3.63) is 53.9 Å². The van der Waals surface area contributed by atoms with E-state index >= 15 is 0 Å². The molecule has 7 nitrogen and oxygen atoms in total. The number of methoxy groups -OCH3 is 1. The summed E-state index contributed by atoms with van der Waals surface area (Å²) in [7, 11) is 1.63. The summed E-state index contributed by atoms with van der Waals surface area (Å²) in [5.74, 6) is -0.406. The topological polar surface area (TPSA) is 82.8 Å². The Balaban J connectivity index is 1.71. The molecule has 2 aromatic rings. The van der Waals surface area contributed by atoms with Crippen molar-refractivity contribution in [3.63, 3.8) is 0 Å². The van der Waals surface area contributed by atoms with Crippen LogP contribution in [0.3, 0.4) is 0 Å². The highest BCUT2D eigenvalue weighted by atomic mass is 16.5. The maximum Gasteiger partial charge on any atom is 0.338 e. The Morgan fingerprint density at radius 3 is 2.81 bits per heavy atom. The van der Waals surface area contributed by atoms with E-state index in [9.17, 15) is 9.90 Å². The predicted molar refractivity (Wildman–Crippen MR) is 98.3 cm³/mol. The molecule has 0 aliphatic heterocycles. The van der Waals surface area contributed by atoms with Crippen molar-refractivity contribution >= 4 is 5.97 Å². The minimum Gasteiger partial charge on any atom is -0.458 e. The lowest BCUT2D eigenvalue weighted by Crippen LogP contribution is -2.35. The van der Waals surface area contributed by atoms with Gasteiger partial charge in [-0.1, -0.05) is 18.2 Å². The molecular weight excluding hydrogens is 348 g/mol. The maximum absolute atomic E-state index is 12.5. The molecule has 1 aromatic heterocycles. The minimum atomic E-state index is -0.468. The van der Waals surface area contributed by atoms with Gasteiger partial charge in [0.05, 0.1) is 24.9 Å². The van der Waals surface area contributed by atoms with E-state index in [1.807, 2.05) is 12.1 Å². The van der Waals surface area contributed by atoms with Crippen LogP contribution in [0.4, 0.5) is 0 Å². The molecule has 0 bridgehead atoms. The highest BCUT2D eigenvalue weighted by molar-refractivity contribution is 5.89. The SMILES string of the molecule is COCCOCn1nccc1C1CCC(O)CC1OC(=O)c1ccccc1. The van der Waals surface area contributed by atoms with E-state index in [0.29, 0.717) is 38.3 Å². The summed E-state index contributed by atoms with van der Waals surface area (Å²) < 4.78 is 18.1. The number of aliphatic hydroxyl groups excluding tert-OH is 1. The number of benzene rings is 1. The first-order chi connectivity index (χ1) is 13.2. The fourth-order valence-electron chi connectivity index (χ4n) is 3.42. The highest BCUT2D eigenvalue weighted by Gasteiger charge is 2.35. The Morgan fingerprint density at radius 1 is 1.22 bits per heavy atom. The molecule has 3 unspecified atom stereocenters. The van der Waals surface area contributed by atoms with Crippen molar-refractivity contribution in [1.29, 1.82) is 0 Å². The molecule has 1 aliphatic carbocycles. The largest absolute Gasteiger partial charge is 0.458 e. The average Bonchev–Trinajstić information content (AvgIpc) is 3.14. The summed E-state index contributed by atoms with van der Waals surface area (Å²) in [5.41, 5.74) is 1.46. The molecule has 0 saturated heterocycles. The molecule has 3 atom stereocenters. The Bertz CT molecular complexity index is 718. The average molecular weight is 374 g/mol. The first kappa shape index (κ1) is 19.5. The normalized spacial score (nSPS) is 22.5. The summed E-state index contributed by atoms with van der Waals surface area (Å²) in [6.45, 7) is 1.30. The van der Waals surface area contributed by atoms with Crippen LogP contribution >= 0.6 is 0 Å². The van der Waals surface area contributed by atoms with Crippen LogP contribution in [-0.4, -0.2) is 53.4 Å². The summed E-state index contributed by atoms with van der Waals surface area (Å²) in [5, 5.41) is 14.4. The van der Waals surface area contributed by atoms with Crippen LogP contribution in [-0.2, 0) is 20.9 Å². The lowest BCUT2D eigenvalue weighted by Gasteiger charge is -2.34. The smallest absolute Gasteiger partial charge is 0.338 e. The summed E-state index contributed by atoms with van der Waals surface area (Å²) in [6, 6.07) is 10.8. The van der Waals surface area contributed by atoms with Crippen molar-refractivity contribution < 1.29 is 24.1 Å². The monoisotopic (exact) mass is 374 g/mol. The Kier molecular flexibility index (Phi) is 6.98. The summed E-state index contributed by atoms with van der Waals surface area (Å²) in [4.78, 5) is 12.5. The third-order valence-corrected chi connectivity index (χ3v) is 4.81. The van der Waals surface area contributed by atoms with Gasteiger partial charge in [0, 0.05) is 31.3 Å². The fourth-order valence-corrected chi connectivity index (χ4v) is 3.42. The van der Waals surface area contributed by atoms with E-state index in [0.717, 1.165) is 12.1 Å². The number of ether oxygens (including phenoxy) is 3. The van der Waals surface area contributed by atoms with Gasteiger partial charge in [-0.25, -0.2) is 9.48 Å². The number of hydrogen-bond donors (Lipinski definition) is 1. The quantitative estimate of drug-likeness (QED) is 0.564. The first-order valence-electron chi connectivity index (χ1n) is 9.21. The molecule has 1 fully saturated rings. The second kappa shape index (κ2) is 9.64. The molecule has 1 aliphatic rings. The second-order valence-electron chi connectivity index (χ2n) is 6.67. The lowest BCUT2D eigenvalue weighted by atomic mass is 9.82. The Labute approximate surface area is 158 Å². The van der Waals surface area contributed by atoms with Crippen LogP contribution in [0.5, 0.6) is 0 Å².